The number of hydrogen-bond donors (Lipinski definition) is 1. The van der Waals surface area contributed by atoms with Crippen LogP contribution in [0.25, 0.3) is 0 Å². The summed E-state index contributed by atoms with van der Waals surface area (Å²) in [6.07, 6.45) is 10.9. The van der Waals surface area contributed by atoms with Gasteiger partial charge in [0.2, 0.25) is 0 Å². The zero-order chi connectivity index (χ0) is 14.2. The summed E-state index contributed by atoms with van der Waals surface area (Å²) in [5.74, 6) is 0.354. The van der Waals surface area contributed by atoms with Crippen LogP contribution in [0.5, 0.6) is 0 Å². The average molecular weight is 280 g/mol. The van der Waals surface area contributed by atoms with E-state index in [9.17, 15) is 9.90 Å². The Bertz CT molecular complexity index is 367. The molecule has 1 saturated heterocycles. The molecule has 1 aliphatic heterocycles. The minimum atomic E-state index is -0.542. The zero-order valence-electron chi connectivity index (χ0n) is 12.7. The SMILES string of the molecule is CC1CCC(C(=O)O)(C2CCOC3(CCCCC3)C2)C1. The Morgan fingerprint density at radius 3 is 2.45 bits per heavy atom. The molecule has 0 amide bonds. The van der Waals surface area contributed by atoms with E-state index in [4.69, 9.17) is 4.74 Å². The normalized spacial score (nSPS) is 40.9. The highest BCUT2D eigenvalue weighted by molar-refractivity contribution is 5.75. The Morgan fingerprint density at radius 1 is 1.10 bits per heavy atom. The minimum Gasteiger partial charge on any atom is -0.481 e. The summed E-state index contributed by atoms with van der Waals surface area (Å²) in [5.41, 5.74) is -0.427. The number of carboxylic acids is 1. The van der Waals surface area contributed by atoms with E-state index in [1.165, 1.54) is 19.3 Å². The maximum Gasteiger partial charge on any atom is 0.309 e. The quantitative estimate of drug-likeness (QED) is 0.831. The second kappa shape index (κ2) is 5.32. The first-order chi connectivity index (χ1) is 9.56. The highest BCUT2D eigenvalue weighted by Crippen LogP contribution is 2.54. The van der Waals surface area contributed by atoms with Crippen LogP contribution in [0.3, 0.4) is 0 Å². The molecule has 2 saturated carbocycles. The van der Waals surface area contributed by atoms with Gasteiger partial charge in [0.1, 0.15) is 0 Å². The Kier molecular flexibility index (Phi) is 3.83. The monoisotopic (exact) mass is 280 g/mol. The van der Waals surface area contributed by atoms with Crippen molar-refractivity contribution < 1.29 is 14.6 Å². The van der Waals surface area contributed by atoms with Gasteiger partial charge in [-0.25, -0.2) is 0 Å². The van der Waals surface area contributed by atoms with E-state index >= 15 is 0 Å². The zero-order valence-corrected chi connectivity index (χ0v) is 12.7. The molecule has 20 heavy (non-hydrogen) atoms. The third-order valence-electron chi connectivity index (χ3n) is 6.26. The van der Waals surface area contributed by atoms with Crippen LogP contribution in [0.2, 0.25) is 0 Å². The molecule has 1 N–H and O–H groups in total. The van der Waals surface area contributed by atoms with Crippen molar-refractivity contribution in [2.45, 2.75) is 76.7 Å². The summed E-state index contributed by atoms with van der Waals surface area (Å²) in [7, 11) is 0. The molecule has 0 aromatic heterocycles. The molecule has 3 unspecified atom stereocenters. The Hall–Kier alpha value is -0.570. The average Bonchev–Trinajstić information content (AvgIpc) is 2.83. The van der Waals surface area contributed by atoms with Crippen LogP contribution in [0.1, 0.15) is 71.1 Å². The number of carboxylic acid groups (broad SMARTS) is 1. The van der Waals surface area contributed by atoms with Gasteiger partial charge in [-0.3, -0.25) is 4.79 Å². The second-order valence-electron chi connectivity index (χ2n) is 7.59. The van der Waals surface area contributed by atoms with Gasteiger partial charge in [0, 0.05) is 6.61 Å². The van der Waals surface area contributed by atoms with Crippen molar-refractivity contribution in [3.05, 3.63) is 0 Å². The predicted molar refractivity (Wildman–Crippen MR) is 77.6 cm³/mol. The van der Waals surface area contributed by atoms with Crippen LogP contribution in [0, 0.1) is 17.3 Å². The van der Waals surface area contributed by atoms with Crippen LogP contribution in [-0.4, -0.2) is 23.3 Å². The number of carbonyl (C=O) groups is 1. The number of rotatable bonds is 2. The molecule has 3 nitrogen and oxygen atoms in total. The van der Waals surface area contributed by atoms with E-state index in [0.717, 1.165) is 51.6 Å². The Labute approximate surface area is 122 Å². The first-order valence-corrected chi connectivity index (χ1v) is 8.44. The van der Waals surface area contributed by atoms with Gasteiger partial charge in [0.15, 0.2) is 0 Å². The summed E-state index contributed by atoms with van der Waals surface area (Å²) in [6, 6.07) is 0. The molecule has 3 fully saturated rings. The summed E-state index contributed by atoms with van der Waals surface area (Å²) in [6.45, 7) is 2.98. The van der Waals surface area contributed by atoms with Crippen LogP contribution in [0.15, 0.2) is 0 Å². The van der Waals surface area contributed by atoms with Gasteiger partial charge in [0.05, 0.1) is 11.0 Å². The number of ether oxygens (including phenoxy) is 1. The summed E-state index contributed by atoms with van der Waals surface area (Å²) < 4.78 is 6.15. The first-order valence-electron chi connectivity index (χ1n) is 8.44. The van der Waals surface area contributed by atoms with Crippen molar-refractivity contribution in [2.75, 3.05) is 6.61 Å². The molecule has 0 aromatic rings. The fraction of sp³-hybridized carbons (Fsp3) is 0.941. The van der Waals surface area contributed by atoms with Crippen molar-refractivity contribution in [3.8, 4) is 0 Å². The van der Waals surface area contributed by atoms with Crippen molar-refractivity contribution in [1.82, 2.24) is 0 Å². The molecule has 0 bridgehead atoms. The van der Waals surface area contributed by atoms with Crippen molar-refractivity contribution >= 4 is 5.97 Å². The molecular formula is C17H28O3. The van der Waals surface area contributed by atoms with Gasteiger partial charge in [-0.15, -0.1) is 0 Å². The van der Waals surface area contributed by atoms with E-state index in [-0.39, 0.29) is 5.60 Å². The lowest BCUT2D eigenvalue weighted by Crippen LogP contribution is -2.48. The van der Waals surface area contributed by atoms with Crippen LogP contribution in [0.4, 0.5) is 0 Å². The topological polar surface area (TPSA) is 46.5 Å². The van der Waals surface area contributed by atoms with Crippen molar-refractivity contribution in [2.24, 2.45) is 17.3 Å². The second-order valence-corrected chi connectivity index (χ2v) is 7.59. The molecule has 3 rings (SSSR count). The van der Waals surface area contributed by atoms with E-state index < -0.39 is 11.4 Å². The van der Waals surface area contributed by atoms with Gasteiger partial charge >= 0.3 is 5.97 Å². The van der Waals surface area contributed by atoms with E-state index in [0.29, 0.717) is 11.8 Å². The van der Waals surface area contributed by atoms with Gasteiger partial charge in [-0.2, -0.15) is 0 Å². The molecule has 0 aromatic carbocycles. The smallest absolute Gasteiger partial charge is 0.309 e. The largest absolute Gasteiger partial charge is 0.481 e. The summed E-state index contributed by atoms with van der Waals surface area (Å²) in [4.78, 5) is 12.0. The molecule has 0 radical (unpaired) electrons. The summed E-state index contributed by atoms with van der Waals surface area (Å²) in [5, 5.41) is 9.88. The summed E-state index contributed by atoms with van der Waals surface area (Å²) >= 11 is 0. The Balaban J connectivity index is 1.79. The van der Waals surface area contributed by atoms with Crippen molar-refractivity contribution in [1.29, 1.82) is 0 Å². The fourth-order valence-electron chi connectivity index (χ4n) is 5.11. The fourth-order valence-corrected chi connectivity index (χ4v) is 5.11. The van der Waals surface area contributed by atoms with Crippen molar-refractivity contribution in [3.63, 3.8) is 0 Å². The van der Waals surface area contributed by atoms with Crippen LogP contribution in [-0.2, 0) is 9.53 Å². The van der Waals surface area contributed by atoms with Gasteiger partial charge in [-0.1, -0.05) is 26.2 Å². The van der Waals surface area contributed by atoms with E-state index in [2.05, 4.69) is 6.92 Å². The Morgan fingerprint density at radius 2 is 1.85 bits per heavy atom. The van der Waals surface area contributed by atoms with Crippen LogP contribution < -0.4 is 0 Å². The minimum absolute atomic E-state index is 0.0233. The maximum atomic E-state index is 12.0. The van der Waals surface area contributed by atoms with E-state index in [1.54, 1.807) is 0 Å². The lowest BCUT2D eigenvalue weighted by atomic mass is 9.64. The number of hydrogen-bond acceptors (Lipinski definition) is 2. The third kappa shape index (κ3) is 2.38. The molecule has 2 aliphatic carbocycles. The predicted octanol–water partition coefficient (Wildman–Crippen LogP) is 4.01. The third-order valence-corrected chi connectivity index (χ3v) is 6.26. The van der Waals surface area contributed by atoms with Crippen LogP contribution >= 0.6 is 0 Å². The maximum absolute atomic E-state index is 12.0. The molecular weight excluding hydrogens is 252 g/mol. The van der Waals surface area contributed by atoms with Gasteiger partial charge < -0.3 is 9.84 Å². The lowest BCUT2D eigenvalue weighted by molar-refractivity contribution is -0.167. The van der Waals surface area contributed by atoms with Gasteiger partial charge in [-0.05, 0) is 56.8 Å². The van der Waals surface area contributed by atoms with E-state index in [1.807, 2.05) is 0 Å². The first kappa shape index (κ1) is 14.4. The highest BCUT2D eigenvalue weighted by atomic mass is 16.5. The highest BCUT2D eigenvalue weighted by Gasteiger charge is 2.53. The molecule has 3 atom stereocenters. The van der Waals surface area contributed by atoms with Gasteiger partial charge in [0.25, 0.3) is 0 Å². The lowest BCUT2D eigenvalue weighted by Gasteiger charge is -2.47. The molecule has 1 spiro atoms. The molecule has 114 valence electrons. The number of aliphatic carboxylic acids is 1. The molecule has 3 aliphatic rings. The molecule has 1 heterocycles. The molecule has 3 heteroatoms. The standard InChI is InChI=1S/C17H28O3/c1-13-5-9-17(11-13,15(18)19)14-6-10-20-16(12-14)7-3-2-4-8-16/h13-14H,2-12H2,1H3,(H,18,19).